The molecule has 2 heterocycles. The van der Waals surface area contributed by atoms with Crippen LogP contribution in [0.3, 0.4) is 0 Å². The van der Waals surface area contributed by atoms with Crippen molar-refractivity contribution >= 4 is 99.5 Å². The monoisotopic (exact) mass is 988 g/mol. The van der Waals surface area contributed by atoms with E-state index >= 15 is 0 Å². The Balaban J connectivity index is 1.11. The van der Waals surface area contributed by atoms with E-state index in [0.29, 0.717) is 0 Å². The Bertz CT molecular complexity index is 4400. The molecule has 1 aliphatic carbocycles. The molecule has 4 heteroatoms. The van der Waals surface area contributed by atoms with Gasteiger partial charge in [-0.25, -0.2) is 0 Å². The van der Waals surface area contributed by atoms with E-state index in [2.05, 4.69) is 280 Å². The smallest absolute Gasteiger partial charge is 0.159 e. The van der Waals surface area contributed by atoms with E-state index in [4.69, 9.17) is 8.83 Å². The Kier molecular flexibility index (Phi) is 10.0. The molecule has 0 unspecified atom stereocenters. The van der Waals surface area contributed by atoms with E-state index in [1.165, 1.54) is 66.4 Å². The molecule has 0 saturated carbocycles. The van der Waals surface area contributed by atoms with Crippen LogP contribution in [0.4, 0.5) is 34.1 Å². The van der Waals surface area contributed by atoms with Crippen LogP contribution in [0.5, 0.6) is 0 Å². The molecule has 0 fully saturated rings. The third kappa shape index (κ3) is 6.58. The first-order valence-corrected chi connectivity index (χ1v) is 26.7. The van der Waals surface area contributed by atoms with Gasteiger partial charge in [0.05, 0.1) is 28.2 Å². The quantitative estimate of drug-likeness (QED) is 0.152. The van der Waals surface area contributed by atoms with Crippen molar-refractivity contribution in [2.45, 2.75) is 33.1 Å². The van der Waals surface area contributed by atoms with Gasteiger partial charge in [-0.2, -0.15) is 0 Å². The maximum atomic E-state index is 6.96. The van der Waals surface area contributed by atoms with Crippen LogP contribution < -0.4 is 9.80 Å². The van der Waals surface area contributed by atoms with E-state index in [9.17, 15) is 0 Å². The zero-order chi connectivity index (χ0) is 51.5. The Hall–Kier alpha value is -9.64. The predicted octanol–water partition coefficient (Wildman–Crippen LogP) is 20.3. The molecular formula is C73H52N2O2. The maximum absolute atomic E-state index is 6.96. The summed E-state index contributed by atoms with van der Waals surface area (Å²) in [5, 5.41) is 8.99. The normalized spacial score (nSPS) is 12.8. The highest BCUT2D eigenvalue weighted by Gasteiger charge is 2.49. The Morgan fingerprint density at radius 2 is 0.649 bits per heavy atom. The highest BCUT2D eigenvalue weighted by molar-refractivity contribution is 6.20. The molecule has 0 bridgehead atoms. The van der Waals surface area contributed by atoms with Crippen LogP contribution in [-0.2, 0) is 5.41 Å². The third-order valence-corrected chi connectivity index (χ3v) is 16.7. The molecular weight excluding hydrogens is 937 g/mol. The van der Waals surface area contributed by atoms with Crippen molar-refractivity contribution < 1.29 is 8.83 Å². The zero-order valence-electron chi connectivity index (χ0n) is 43.3. The fourth-order valence-electron chi connectivity index (χ4n) is 12.9. The van der Waals surface area contributed by atoms with Crippen LogP contribution in [0.1, 0.15) is 44.5 Å². The van der Waals surface area contributed by atoms with Gasteiger partial charge >= 0.3 is 0 Å². The van der Waals surface area contributed by atoms with Crippen LogP contribution in [0, 0.1) is 27.7 Å². The Morgan fingerprint density at radius 1 is 0.286 bits per heavy atom. The van der Waals surface area contributed by atoms with E-state index in [0.717, 1.165) is 88.8 Å². The number of para-hydroxylation sites is 4. The molecule has 0 atom stereocenters. The topological polar surface area (TPSA) is 32.8 Å². The summed E-state index contributed by atoms with van der Waals surface area (Å²) in [4.78, 5) is 4.92. The number of benzene rings is 12. The molecule has 0 saturated heterocycles. The molecule has 4 nitrogen and oxygen atoms in total. The molecule has 77 heavy (non-hydrogen) atoms. The number of rotatable bonds is 8. The molecule has 0 spiro atoms. The van der Waals surface area contributed by atoms with Crippen molar-refractivity contribution in [3.05, 3.63) is 287 Å². The van der Waals surface area contributed by atoms with Crippen LogP contribution in [0.15, 0.2) is 251 Å². The lowest BCUT2D eigenvalue weighted by molar-refractivity contribution is 0.669. The van der Waals surface area contributed by atoms with Gasteiger partial charge < -0.3 is 18.6 Å². The number of aryl methyl sites for hydroxylation is 4. The van der Waals surface area contributed by atoms with Crippen molar-refractivity contribution in [2.75, 3.05) is 9.80 Å². The Labute approximate surface area is 447 Å². The summed E-state index contributed by atoms with van der Waals surface area (Å²) in [6, 6.07) is 89.3. The van der Waals surface area contributed by atoms with Gasteiger partial charge in [-0.15, -0.1) is 0 Å². The van der Waals surface area contributed by atoms with Crippen molar-refractivity contribution in [1.29, 1.82) is 0 Å². The number of fused-ring (bicyclic) bond motifs is 13. The summed E-state index contributed by atoms with van der Waals surface area (Å²) in [7, 11) is 0. The van der Waals surface area contributed by atoms with E-state index in [-0.39, 0.29) is 0 Å². The average molecular weight is 989 g/mol. The average Bonchev–Trinajstić information content (AvgIpc) is 4.21. The largest absolute Gasteiger partial charge is 0.454 e. The van der Waals surface area contributed by atoms with Crippen LogP contribution in [-0.4, -0.2) is 0 Å². The minimum Gasteiger partial charge on any atom is -0.454 e. The van der Waals surface area contributed by atoms with Gasteiger partial charge in [-0.3, -0.25) is 0 Å². The third-order valence-electron chi connectivity index (χ3n) is 16.7. The molecule has 0 aliphatic heterocycles. The molecule has 2 aromatic heterocycles. The van der Waals surface area contributed by atoms with Crippen molar-refractivity contribution in [1.82, 2.24) is 0 Å². The van der Waals surface area contributed by atoms with Gasteiger partial charge in [0, 0.05) is 43.7 Å². The van der Waals surface area contributed by atoms with E-state index < -0.39 is 5.41 Å². The molecule has 0 N–H and O–H groups in total. The lowest BCUT2D eigenvalue weighted by Gasteiger charge is -2.36. The van der Waals surface area contributed by atoms with Gasteiger partial charge in [0.1, 0.15) is 11.2 Å². The van der Waals surface area contributed by atoms with Crippen LogP contribution >= 0.6 is 0 Å². The molecule has 0 amide bonds. The SMILES string of the molecule is Cc1ccc(N(c2cc3c(c4ccccc24)-c2c(cc(N(c4ccc(C)c(C)c4)c4cccc5c4oc4ccccc45)c4ccccc24)C3(c2ccccc2)c2ccccc2)c2cccc3c2oc2ccccc23)cc1C. The van der Waals surface area contributed by atoms with Gasteiger partial charge in [0.2, 0.25) is 0 Å². The highest BCUT2D eigenvalue weighted by atomic mass is 16.3. The maximum Gasteiger partial charge on any atom is 0.159 e. The molecule has 12 aromatic carbocycles. The minimum absolute atomic E-state index is 0.814. The first-order chi connectivity index (χ1) is 37.9. The lowest BCUT2D eigenvalue weighted by atomic mass is 9.67. The summed E-state index contributed by atoms with van der Waals surface area (Å²) in [5.74, 6) is 0. The molecule has 1 aliphatic rings. The zero-order valence-corrected chi connectivity index (χ0v) is 43.3. The molecule has 0 radical (unpaired) electrons. The summed E-state index contributed by atoms with van der Waals surface area (Å²) in [6.07, 6.45) is 0. The number of hydrogen-bond acceptors (Lipinski definition) is 4. The number of nitrogens with zero attached hydrogens (tertiary/aromatic N) is 2. The summed E-state index contributed by atoms with van der Waals surface area (Å²) < 4.78 is 13.9. The fraction of sp³-hybridized carbons (Fsp3) is 0.0685. The second kappa shape index (κ2) is 17.2. The van der Waals surface area contributed by atoms with Crippen molar-refractivity contribution in [2.24, 2.45) is 0 Å². The van der Waals surface area contributed by atoms with Crippen LogP contribution in [0.2, 0.25) is 0 Å². The fourth-order valence-corrected chi connectivity index (χ4v) is 12.9. The minimum atomic E-state index is -0.814. The number of anilines is 6. The highest BCUT2D eigenvalue weighted by Crippen LogP contribution is 2.63. The van der Waals surface area contributed by atoms with E-state index in [1.54, 1.807) is 0 Å². The lowest BCUT2D eigenvalue weighted by Crippen LogP contribution is -2.29. The second-order valence-electron chi connectivity index (χ2n) is 20.9. The van der Waals surface area contributed by atoms with Crippen LogP contribution in [0.25, 0.3) is 76.5 Å². The second-order valence-corrected chi connectivity index (χ2v) is 20.9. The number of hydrogen-bond donors (Lipinski definition) is 0. The molecule has 14 aromatic rings. The van der Waals surface area contributed by atoms with Gasteiger partial charge in [0.25, 0.3) is 0 Å². The standard InChI is InChI=1S/C73H52N2O2/c1-45-37-39-51(41-47(45)3)74(63-33-19-31-59-55-27-15-17-35-67(55)76-71(59)63)65-43-61-69(57-29-13-11-25-53(57)65)70-58-30-14-12-26-54(58)66(44-62(70)73(61,49-21-7-5-8-22-49)50-23-9-6-10-24-50)75(52-40-38-46(2)48(4)42-52)64-34-20-32-60-56-28-16-18-36-68(56)77-72(60)64/h5-44H,1-4H3. The first kappa shape index (κ1) is 44.8. The van der Waals surface area contributed by atoms with E-state index in [1.807, 2.05) is 0 Å². The van der Waals surface area contributed by atoms with Gasteiger partial charge in [-0.1, -0.05) is 182 Å². The molecule has 15 rings (SSSR count). The van der Waals surface area contributed by atoms with Crippen molar-refractivity contribution in [3.8, 4) is 11.1 Å². The first-order valence-electron chi connectivity index (χ1n) is 26.7. The Morgan fingerprint density at radius 3 is 1.06 bits per heavy atom. The predicted molar refractivity (Wildman–Crippen MR) is 322 cm³/mol. The summed E-state index contributed by atoms with van der Waals surface area (Å²) in [5.41, 5.74) is 21.0. The van der Waals surface area contributed by atoms with Crippen molar-refractivity contribution in [3.63, 3.8) is 0 Å². The number of furan rings is 2. The molecule has 366 valence electrons. The van der Waals surface area contributed by atoms with Gasteiger partial charge in [0.15, 0.2) is 11.2 Å². The summed E-state index contributed by atoms with van der Waals surface area (Å²) in [6.45, 7) is 8.81. The van der Waals surface area contributed by atoms with Gasteiger partial charge in [-0.05, 0) is 155 Å². The summed E-state index contributed by atoms with van der Waals surface area (Å²) >= 11 is 0.